The van der Waals surface area contributed by atoms with Gasteiger partial charge in [-0.1, -0.05) is 37.3 Å². The van der Waals surface area contributed by atoms with E-state index in [0.29, 0.717) is 17.8 Å². The number of pyridine rings is 1. The van der Waals surface area contributed by atoms with Gasteiger partial charge in [-0.25, -0.2) is 4.39 Å². The smallest absolute Gasteiger partial charge is 0.256 e. The molecule has 0 saturated carbocycles. The number of rotatable bonds is 5. The zero-order valence-corrected chi connectivity index (χ0v) is 17.2. The summed E-state index contributed by atoms with van der Waals surface area (Å²) < 4.78 is 15.0. The minimum absolute atomic E-state index is 0.184. The van der Waals surface area contributed by atoms with Crippen LogP contribution in [0, 0.1) is 19.7 Å². The number of nitrogens with zero attached hydrogens (tertiary/aromatic N) is 3. The molecule has 0 fully saturated rings. The molecule has 2 aromatic heterocycles. The first-order chi connectivity index (χ1) is 14.5. The average molecular weight is 402 g/mol. The van der Waals surface area contributed by atoms with Crippen LogP contribution in [-0.2, 0) is 13.0 Å². The number of para-hydroxylation sites is 1. The largest absolute Gasteiger partial charge is 0.319 e. The Morgan fingerprint density at radius 1 is 1.10 bits per heavy atom. The van der Waals surface area contributed by atoms with Gasteiger partial charge in [0.2, 0.25) is 0 Å². The van der Waals surface area contributed by atoms with Gasteiger partial charge < -0.3 is 5.32 Å². The predicted molar refractivity (Wildman–Crippen MR) is 116 cm³/mol. The van der Waals surface area contributed by atoms with Crippen molar-refractivity contribution < 1.29 is 9.18 Å². The molecule has 6 heteroatoms. The van der Waals surface area contributed by atoms with Crippen molar-refractivity contribution in [3.05, 3.63) is 88.6 Å². The van der Waals surface area contributed by atoms with Gasteiger partial charge in [-0.05, 0) is 50.1 Å². The number of hydrogen-bond acceptors (Lipinski definition) is 3. The molecule has 1 amide bonds. The molecule has 0 saturated heterocycles. The van der Waals surface area contributed by atoms with Crippen LogP contribution in [0.4, 0.5) is 10.1 Å². The monoisotopic (exact) mass is 402 g/mol. The molecule has 2 heterocycles. The Balaban J connectivity index is 1.65. The third-order valence-corrected chi connectivity index (χ3v) is 5.24. The quantitative estimate of drug-likeness (QED) is 0.508. The maximum Gasteiger partial charge on any atom is 0.256 e. The molecule has 0 unspecified atom stereocenters. The number of benzene rings is 2. The minimum Gasteiger partial charge on any atom is -0.319 e. The number of halogens is 1. The Bertz CT molecular complexity index is 1230. The van der Waals surface area contributed by atoms with Crippen LogP contribution in [0.3, 0.4) is 0 Å². The summed E-state index contributed by atoms with van der Waals surface area (Å²) in [7, 11) is 0. The molecule has 5 nitrogen and oxygen atoms in total. The molecule has 0 bridgehead atoms. The second-order valence-electron chi connectivity index (χ2n) is 7.32. The van der Waals surface area contributed by atoms with Crippen molar-refractivity contribution in [1.82, 2.24) is 14.8 Å². The molecule has 4 aromatic rings. The topological polar surface area (TPSA) is 59.8 Å². The molecule has 0 aliphatic rings. The lowest BCUT2D eigenvalue weighted by atomic mass is 10.1. The van der Waals surface area contributed by atoms with Crippen LogP contribution in [-0.4, -0.2) is 20.7 Å². The van der Waals surface area contributed by atoms with E-state index in [0.717, 1.165) is 40.0 Å². The first kappa shape index (κ1) is 19.8. The maximum atomic E-state index is 13.2. The molecule has 0 aliphatic heterocycles. The van der Waals surface area contributed by atoms with Crippen LogP contribution in [0.25, 0.3) is 10.9 Å². The number of anilines is 1. The Labute approximate surface area is 174 Å². The molecule has 0 atom stereocenters. The van der Waals surface area contributed by atoms with Crippen LogP contribution < -0.4 is 5.32 Å². The summed E-state index contributed by atoms with van der Waals surface area (Å²) in [5.74, 6) is -0.452. The normalized spacial score (nSPS) is 11.1. The fourth-order valence-electron chi connectivity index (χ4n) is 3.57. The first-order valence-electron chi connectivity index (χ1n) is 9.94. The number of amides is 1. The van der Waals surface area contributed by atoms with Crippen LogP contribution in [0.15, 0.2) is 54.6 Å². The van der Waals surface area contributed by atoms with E-state index < -0.39 is 0 Å². The Morgan fingerprint density at radius 2 is 1.83 bits per heavy atom. The number of aryl methyl sites for hydroxylation is 2. The van der Waals surface area contributed by atoms with E-state index in [2.05, 4.69) is 15.4 Å². The Kier molecular flexibility index (Phi) is 5.31. The SMILES string of the molecule is CCc1cc(C(=O)Nc2c(C)nn(Cc3ccc(F)cc3)c2C)c2ccccc2n1. The highest BCUT2D eigenvalue weighted by Gasteiger charge is 2.18. The van der Waals surface area contributed by atoms with E-state index in [4.69, 9.17) is 0 Å². The van der Waals surface area contributed by atoms with Crippen molar-refractivity contribution in [3.8, 4) is 0 Å². The second-order valence-corrected chi connectivity index (χ2v) is 7.32. The van der Waals surface area contributed by atoms with Gasteiger partial charge in [0.1, 0.15) is 5.82 Å². The van der Waals surface area contributed by atoms with E-state index >= 15 is 0 Å². The molecule has 30 heavy (non-hydrogen) atoms. The third kappa shape index (κ3) is 3.81. The van der Waals surface area contributed by atoms with Crippen LogP contribution >= 0.6 is 0 Å². The van der Waals surface area contributed by atoms with Gasteiger partial charge in [0.15, 0.2) is 0 Å². The molecular formula is C24H23FN4O. The highest BCUT2D eigenvalue weighted by molar-refractivity contribution is 6.12. The summed E-state index contributed by atoms with van der Waals surface area (Å²) in [6.07, 6.45) is 0.749. The molecule has 1 N–H and O–H groups in total. The lowest BCUT2D eigenvalue weighted by molar-refractivity contribution is 0.102. The van der Waals surface area contributed by atoms with Crippen molar-refractivity contribution >= 4 is 22.5 Å². The molecule has 2 aromatic carbocycles. The summed E-state index contributed by atoms with van der Waals surface area (Å²) in [6, 6.07) is 15.8. The summed E-state index contributed by atoms with van der Waals surface area (Å²) in [5, 5.41) is 8.43. The zero-order chi connectivity index (χ0) is 21.3. The number of hydrogen-bond donors (Lipinski definition) is 1. The van der Waals surface area contributed by atoms with E-state index in [9.17, 15) is 9.18 Å². The highest BCUT2D eigenvalue weighted by Crippen LogP contribution is 2.24. The molecule has 4 rings (SSSR count). The zero-order valence-electron chi connectivity index (χ0n) is 17.2. The fourth-order valence-corrected chi connectivity index (χ4v) is 3.57. The van der Waals surface area contributed by atoms with Crippen molar-refractivity contribution in [3.63, 3.8) is 0 Å². The van der Waals surface area contributed by atoms with Crippen LogP contribution in [0.5, 0.6) is 0 Å². The number of carbonyl (C=O) groups excluding carboxylic acids is 1. The van der Waals surface area contributed by atoms with Crippen molar-refractivity contribution in [1.29, 1.82) is 0 Å². The van der Waals surface area contributed by atoms with E-state index in [1.165, 1.54) is 12.1 Å². The second kappa shape index (κ2) is 8.06. The van der Waals surface area contributed by atoms with Crippen molar-refractivity contribution in [2.75, 3.05) is 5.32 Å². The molecule has 0 radical (unpaired) electrons. The van der Waals surface area contributed by atoms with Gasteiger partial charge in [0, 0.05) is 11.1 Å². The summed E-state index contributed by atoms with van der Waals surface area (Å²) >= 11 is 0. The minimum atomic E-state index is -0.268. The molecule has 0 spiro atoms. The first-order valence-corrected chi connectivity index (χ1v) is 9.94. The maximum absolute atomic E-state index is 13.2. The highest BCUT2D eigenvalue weighted by atomic mass is 19.1. The van der Waals surface area contributed by atoms with Gasteiger partial charge >= 0.3 is 0 Å². The van der Waals surface area contributed by atoms with Crippen LogP contribution in [0.1, 0.15) is 39.9 Å². The van der Waals surface area contributed by atoms with Crippen LogP contribution in [0.2, 0.25) is 0 Å². The molecule has 0 aliphatic carbocycles. The number of fused-ring (bicyclic) bond motifs is 1. The molecule has 152 valence electrons. The number of carbonyl (C=O) groups is 1. The number of aromatic nitrogens is 3. The van der Waals surface area contributed by atoms with E-state index in [1.54, 1.807) is 12.1 Å². The van der Waals surface area contributed by atoms with Gasteiger partial charge in [0.25, 0.3) is 5.91 Å². The van der Waals surface area contributed by atoms with Gasteiger partial charge in [0.05, 0.1) is 34.7 Å². The predicted octanol–water partition coefficient (Wildman–Crippen LogP) is 5.05. The van der Waals surface area contributed by atoms with Gasteiger partial charge in [-0.15, -0.1) is 0 Å². The lowest BCUT2D eigenvalue weighted by Gasteiger charge is -2.10. The fraction of sp³-hybridized carbons (Fsp3) is 0.208. The number of nitrogens with one attached hydrogen (secondary N) is 1. The van der Waals surface area contributed by atoms with E-state index in [1.807, 2.05) is 55.8 Å². The summed E-state index contributed by atoms with van der Waals surface area (Å²) in [6.45, 7) is 6.31. The Hall–Kier alpha value is -3.54. The van der Waals surface area contributed by atoms with Gasteiger partial charge in [-0.3, -0.25) is 14.5 Å². The van der Waals surface area contributed by atoms with E-state index in [-0.39, 0.29) is 11.7 Å². The Morgan fingerprint density at radius 3 is 2.57 bits per heavy atom. The standard InChI is InChI=1S/C24H23FN4O/c1-4-19-13-21(20-7-5-6-8-22(20)26-19)24(30)27-23-15(2)28-29(16(23)3)14-17-9-11-18(25)12-10-17/h5-13H,4,14H2,1-3H3,(H,27,30). The van der Waals surface area contributed by atoms with Gasteiger partial charge in [-0.2, -0.15) is 5.10 Å². The summed E-state index contributed by atoms with van der Waals surface area (Å²) in [5.41, 5.74) is 5.49. The summed E-state index contributed by atoms with van der Waals surface area (Å²) in [4.78, 5) is 17.8. The van der Waals surface area contributed by atoms with Crippen molar-refractivity contribution in [2.24, 2.45) is 0 Å². The molecular weight excluding hydrogens is 379 g/mol. The third-order valence-electron chi connectivity index (χ3n) is 5.24. The lowest BCUT2D eigenvalue weighted by Crippen LogP contribution is -2.15. The average Bonchev–Trinajstić information content (AvgIpc) is 3.01. The van der Waals surface area contributed by atoms with Crippen molar-refractivity contribution in [2.45, 2.75) is 33.7 Å².